The number of pyridine rings is 1. The van der Waals surface area contributed by atoms with Crippen LogP contribution in [0.1, 0.15) is 15.9 Å². The summed E-state index contributed by atoms with van der Waals surface area (Å²) in [5, 5.41) is 12.8. The molecule has 2 aromatic heterocycles. The first-order valence-electron chi connectivity index (χ1n) is 9.81. The highest BCUT2D eigenvalue weighted by atomic mass is 35.5. The summed E-state index contributed by atoms with van der Waals surface area (Å²) in [5.41, 5.74) is 3.77. The molecule has 9 heteroatoms. The summed E-state index contributed by atoms with van der Waals surface area (Å²) in [7, 11) is 2.95. The van der Waals surface area contributed by atoms with Crippen LogP contribution in [0.15, 0.2) is 67.0 Å². The third-order valence-electron chi connectivity index (χ3n) is 5.10. The van der Waals surface area contributed by atoms with E-state index in [4.69, 9.17) is 11.6 Å². The van der Waals surface area contributed by atoms with Gasteiger partial charge in [-0.05, 0) is 42.5 Å². The minimum Gasteiger partial charge on any atom is -0.453 e. The average molecular weight is 460 g/mol. The van der Waals surface area contributed by atoms with Crippen molar-refractivity contribution in [2.45, 2.75) is 0 Å². The Kier molecular flexibility index (Phi) is 5.98. The third kappa shape index (κ3) is 4.35. The van der Waals surface area contributed by atoms with Gasteiger partial charge in [0.1, 0.15) is 6.07 Å². The number of benzene rings is 2. The Morgan fingerprint density at radius 2 is 1.85 bits per heavy atom. The van der Waals surface area contributed by atoms with Gasteiger partial charge in [0.15, 0.2) is 5.65 Å². The minimum absolute atomic E-state index is 0.278. The van der Waals surface area contributed by atoms with Crippen LogP contribution in [-0.2, 0) is 4.74 Å². The lowest BCUT2D eigenvalue weighted by molar-refractivity contribution is 0.0992. The molecule has 164 valence electrons. The number of nitrogens with one attached hydrogen (secondary N) is 1. The van der Waals surface area contributed by atoms with E-state index < -0.39 is 6.09 Å². The van der Waals surface area contributed by atoms with Gasteiger partial charge in [-0.3, -0.25) is 14.5 Å². The molecule has 0 saturated carbocycles. The lowest BCUT2D eigenvalue weighted by atomic mass is 10.1. The fourth-order valence-electron chi connectivity index (χ4n) is 3.37. The molecule has 2 aromatic carbocycles. The second-order valence-corrected chi connectivity index (χ2v) is 7.56. The molecular formula is C24H18ClN5O3. The number of ether oxygens (including phenoxy) is 1. The molecule has 0 atom stereocenters. The van der Waals surface area contributed by atoms with E-state index in [2.05, 4.69) is 21.1 Å². The third-order valence-corrected chi connectivity index (χ3v) is 5.36. The van der Waals surface area contributed by atoms with Crippen LogP contribution in [0.2, 0.25) is 5.02 Å². The Hall–Kier alpha value is -4.35. The Balaban J connectivity index is 1.73. The molecule has 0 unspecified atom stereocenters. The topological polar surface area (TPSA) is 99.7 Å². The highest BCUT2D eigenvalue weighted by molar-refractivity contribution is 6.30. The van der Waals surface area contributed by atoms with E-state index in [1.54, 1.807) is 72.4 Å². The summed E-state index contributed by atoms with van der Waals surface area (Å²) < 4.78 is 6.31. The standard InChI is InChI=1S/C24H18ClN5O3/c1-29(20-9-5-18(25)6-10-20)23(31)17-11-16(12-26)22-27-13-21(30(22)14-17)15-3-7-19(8-4-15)28-24(32)33-2/h3-11,13-14H,1-2H3,(H,28,32). The predicted molar refractivity (Wildman–Crippen MR) is 126 cm³/mol. The number of amides is 2. The molecule has 8 nitrogen and oxygen atoms in total. The van der Waals surface area contributed by atoms with Gasteiger partial charge in [0.05, 0.1) is 30.1 Å². The molecule has 0 spiro atoms. The number of rotatable bonds is 4. The van der Waals surface area contributed by atoms with Crippen molar-refractivity contribution in [3.05, 3.63) is 83.1 Å². The Morgan fingerprint density at radius 1 is 1.15 bits per heavy atom. The van der Waals surface area contributed by atoms with Crippen molar-refractivity contribution in [3.63, 3.8) is 0 Å². The van der Waals surface area contributed by atoms with Crippen LogP contribution in [0.4, 0.5) is 16.2 Å². The fraction of sp³-hybridized carbons (Fsp3) is 0.0833. The number of halogens is 1. The number of hydrogen-bond donors (Lipinski definition) is 1. The number of anilines is 2. The highest BCUT2D eigenvalue weighted by Crippen LogP contribution is 2.26. The largest absolute Gasteiger partial charge is 0.453 e. The number of imidazole rings is 1. The zero-order chi connectivity index (χ0) is 23.5. The maximum atomic E-state index is 13.2. The molecular weight excluding hydrogens is 442 g/mol. The van der Waals surface area contributed by atoms with Gasteiger partial charge in [-0.15, -0.1) is 0 Å². The number of hydrogen-bond acceptors (Lipinski definition) is 5. The highest BCUT2D eigenvalue weighted by Gasteiger charge is 2.18. The molecule has 2 heterocycles. The quantitative estimate of drug-likeness (QED) is 0.464. The van der Waals surface area contributed by atoms with Crippen LogP contribution in [0.25, 0.3) is 16.9 Å². The van der Waals surface area contributed by atoms with Gasteiger partial charge in [0.25, 0.3) is 5.91 Å². The molecule has 0 aliphatic heterocycles. The van der Waals surface area contributed by atoms with E-state index in [9.17, 15) is 14.9 Å². The zero-order valence-corrected chi connectivity index (χ0v) is 18.5. The molecule has 1 N–H and O–H groups in total. The number of carbonyl (C=O) groups is 2. The summed E-state index contributed by atoms with van der Waals surface area (Å²) >= 11 is 5.95. The smallest absolute Gasteiger partial charge is 0.411 e. The van der Waals surface area contributed by atoms with E-state index >= 15 is 0 Å². The van der Waals surface area contributed by atoms with Crippen molar-refractivity contribution >= 4 is 40.6 Å². The van der Waals surface area contributed by atoms with Gasteiger partial charge in [0.2, 0.25) is 0 Å². The van der Waals surface area contributed by atoms with Gasteiger partial charge >= 0.3 is 6.09 Å². The monoisotopic (exact) mass is 459 g/mol. The number of nitrogens with zero attached hydrogens (tertiary/aromatic N) is 4. The van der Waals surface area contributed by atoms with E-state index in [1.807, 2.05) is 0 Å². The summed E-state index contributed by atoms with van der Waals surface area (Å²) in [6.45, 7) is 0. The lowest BCUT2D eigenvalue weighted by Gasteiger charge is -2.18. The fourth-order valence-corrected chi connectivity index (χ4v) is 3.49. The van der Waals surface area contributed by atoms with Crippen molar-refractivity contribution in [2.24, 2.45) is 0 Å². The SMILES string of the molecule is COC(=O)Nc1ccc(-c2cnc3c(C#N)cc(C(=O)N(C)c4ccc(Cl)cc4)cn23)cc1. The van der Waals surface area contributed by atoms with Gasteiger partial charge in [-0.2, -0.15) is 5.26 Å². The second-order valence-electron chi connectivity index (χ2n) is 7.13. The van der Waals surface area contributed by atoms with Crippen LogP contribution in [-0.4, -0.2) is 35.5 Å². The number of carbonyl (C=O) groups excluding carboxylic acids is 2. The van der Waals surface area contributed by atoms with Crippen LogP contribution in [0.5, 0.6) is 0 Å². The van der Waals surface area contributed by atoms with Crippen molar-refractivity contribution in [2.75, 3.05) is 24.4 Å². The van der Waals surface area contributed by atoms with E-state index in [-0.39, 0.29) is 11.5 Å². The Labute approximate surface area is 194 Å². The Morgan fingerprint density at radius 3 is 2.48 bits per heavy atom. The Bertz CT molecular complexity index is 1390. The number of nitriles is 1. The summed E-state index contributed by atoms with van der Waals surface area (Å²) in [6, 6.07) is 17.6. The van der Waals surface area contributed by atoms with Crippen LogP contribution >= 0.6 is 11.6 Å². The van der Waals surface area contributed by atoms with Gasteiger partial charge in [0, 0.05) is 35.2 Å². The second kappa shape index (κ2) is 9.02. The van der Waals surface area contributed by atoms with E-state index in [0.717, 1.165) is 5.56 Å². The lowest BCUT2D eigenvalue weighted by Crippen LogP contribution is -2.26. The van der Waals surface area contributed by atoms with Crippen molar-refractivity contribution in [1.82, 2.24) is 9.38 Å². The molecule has 2 amide bonds. The molecule has 4 rings (SSSR count). The predicted octanol–water partition coefficient (Wildman–Crippen LogP) is 4.98. The number of methoxy groups -OCH3 is 1. The summed E-state index contributed by atoms with van der Waals surface area (Å²) in [4.78, 5) is 30.4. The first-order chi connectivity index (χ1) is 15.9. The van der Waals surface area contributed by atoms with E-state index in [1.165, 1.54) is 18.1 Å². The molecule has 4 aromatic rings. The van der Waals surface area contributed by atoms with Crippen LogP contribution in [0, 0.1) is 11.3 Å². The van der Waals surface area contributed by atoms with Gasteiger partial charge < -0.3 is 9.64 Å². The molecule has 0 fully saturated rings. The molecule has 0 saturated heterocycles. The van der Waals surface area contributed by atoms with Crippen molar-refractivity contribution < 1.29 is 14.3 Å². The van der Waals surface area contributed by atoms with Crippen LogP contribution in [0.3, 0.4) is 0 Å². The maximum absolute atomic E-state index is 13.2. The normalized spacial score (nSPS) is 10.5. The first-order valence-corrected chi connectivity index (χ1v) is 10.2. The average Bonchev–Trinajstić information content (AvgIpc) is 3.27. The molecule has 0 aliphatic rings. The molecule has 0 radical (unpaired) electrons. The number of aromatic nitrogens is 2. The zero-order valence-electron chi connectivity index (χ0n) is 17.7. The van der Waals surface area contributed by atoms with E-state index in [0.29, 0.717) is 33.3 Å². The van der Waals surface area contributed by atoms with Gasteiger partial charge in [-0.25, -0.2) is 9.78 Å². The molecule has 0 aliphatic carbocycles. The molecule has 0 bridgehead atoms. The van der Waals surface area contributed by atoms with Crippen LogP contribution < -0.4 is 10.2 Å². The summed E-state index contributed by atoms with van der Waals surface area (Å²) in [5.74, 6) is -0.284. The first kappa shape index (κ1) is 21.9. The maximum Gasteiger partial charge on any atom is 0.411 e. The minimum atomic E-state index is -0.566. The molecule has 33 heavy (non-hydrogen) atoms. The van der Waals surface area contributed by atoms with Crippen molar-refractivity contribution in [3.8, 4) is 17.3 Å². The summed E-state index contributed by atoms with van der Waals surface area (Å²) in [6.07, 6.45) is 2.73. The van der Waals surface area contributed by atoms with Crippen molar-refractivity contribution in [1.29, 1.82) is 5.26 Å². The van der Waals surface area contributed by atoms with Gasteiger partial charge in [-0.1, -0.05) is 23.7 Å². The number of fused-ring (bicyclic) bond motifs is 1.